The van der Waals surface area contributed by atoms with Crippen LogP contribution < -0.4 is 15.8 Å². The molecule has 3 N–H and O–H groups in total. The number of hydrogen-bond acceptors (Lipinski definition) is 5. The van der Waals surface area contributed by atoms with Crippen molar-refractivity contribution in [2.75, 3.05) is 51.0 Å². The Kier molecular flexibility index (Phi) is 5.20. The predicted molar refractivity (Wildman–Crippen MR) is 77.9 cm³/mol. The van der Waals surface area contributed by atoms with Gasteiger partial charge in [-0.3, -0.25) is 9.69 Å². The minimum Gasteiger partial charge on any atom is -0.495 e. The molecule has 2 rings (SSSR count). The van der Waals surface area contributed by atoms with Crippen molar-refractivity contribution in [1.29, 1.82) is 0 Å². The molecule has 110 valence electrons. The molecule has 0 bridgehead atoms. The zero-order valence-corrected chi connectivity index (χ0v) is 11.7. The van der Waals surface area contributed by atoms with Gasteiger partial charge in [-0.05, 0) is 18.2 Å². The molecule has 1 aliphatic heterocycles. The molecule has 6 heteroatoms. The monoisotopic (exact) mass is 279 g/mol. The van der Waals surface area contributed by atoms with Gasteiger partial charge in [0.2, 0.25) is 5.91 Å². The Bertz CT molecular complexity index is 459. The highest BCUT2D eigenvalue weighted by atomic mass is 16.5. The van der Waals surface area contributed by atoms with Gasteiger partial charge in [-0.1, -0.05) is 0 Å². The van der Waals surface area contributed by atoms with Crippen LogP contribution in [-0.4, -0.2) is 50.8 Å². The number of nitrogens with one attached hydrogen (secondary N) is 1. The summed E-state index contributed by atoms with van der Waals surface area (Å²) in [5, 5.41) is 2.84. The first kappa shape index (κ1) is 14.6. The van der Waals surface area contributed by atoms with Gasteiger partial charge in [-0.2, -0.15) is 0 Å². The number of benzene rings is 1. The summed E-state index contributed by atoms with van der Waals surface area (Å²) in [6, 6.07) is 5.18. The lowest BCUT2D eigenvalue weighted by Gasteiger charge is -2.26. The second-order valence-corrected chi connectivity index (χ2v) is 4.71. The second-order valence-electron chi connectivity index (χ2n) is 4.71. The van der Waals surface area contributed by atoms with E-state index in [2.05, 4.69) is 10.2 Å². The summed E-state index contributed by atoms with van der Waals surface area (Å²) in [4.78, 5) is 14.2. The summed E-state index contributed by atoms with van der Waals surface area (Å²) in [7, 11) is 1.56. The molecule has 1 heterocycles. The van der Waals surface area contributed by atoms with Crippen molar-refractivity contribution in [2.24, 2.45) is 0 Å². The van der Waals surface area contributed by atoms with Crippen LogP contribution in [0.5, 0.6) is 5.75 Å². The molecule has 0 aromatic heterocycles. The molecule has 20 heavy (non-hydrogen) atoms. The third kappa shape index (κ3) is 4.11. The second kappa shape index (κ2) is 7.12. The zero-order valence-electron chi connectivity index (χ0n) is 11.7. The normalized spacial score (nSPS) is 15.8. The first-order valence-electron chi connectivity index (χ1n) is 6.72. The molecule has 1 aromatic carbocycles. The molecule has 1 aliphatic rings. The molecule has 0 atom stereocenters. The van der Waals surface area contributed by atoms with Gasteiger partial charge in [0, 0.05) is 31.7 Å². The summed E-state index contributed by atoms with van der Waals surface area (Å²) in [6.45, 7) is 3.99. The number of anilines is 2. The number of morpholine rings is 1. The Labute approximate surface area is 118 Å². The van der Waals surface area contributed by atoms with Gasteiger partial charge >= 0.3 is 0 Å². The van der Waals surface area contributed by atoms with Gasteiger partial charge in [-0.25, -0.2) is 0 Å². The molecule has 0 saturated carbocycles. The van der Waals surface area contributed by atoms with Crippen LogP contribution in [0.25, 0.3) is 0 Å². The molecule has 1 fully saturated rings. The number of hydrogen-bond donors (Lipinski definition) is 2. The fourth-order valence-corrected chi connectivity index (χ4v) is 2.12. The maximum absolute atomic E-state index is 12.0. The SMILES string of the molecule is COc1ccc(N)cc1NC(=O)CCN1CCOCC1. The Morgan fingerprint density at radius 1 is 1.45 bits per heavy atom. The highest BCUT2D eigenvalue weighted by molar-refractivity contribution is 5.93. The van der Waals surface area contributed by atoms with Gasteiger partial charge in [0.25, 0.3) is 0 Å². The van der Waals surface area contributed by atoms with E-state index >= 15 is 0 Å². The van der Waals surface area contributed by atoms with Gasteiger partial charge in [0.1, 0.15) is 5.75 Å². The third-order valence-corrected chi connectivity index (χ3v) is 3.26. The summed E-state index contributed by atoms with van der Waals surface area (Å²) >= 11 is 0. The molecule has 6 nitrogen and oxygen atoms in total. The standard InChI is InChI=1S/C14H21N3O3/c1-19-13-3-2-11(15)10-12(13)16-14(18)4-5-17-6-8-20-9-7-17/h2-3,10H,4-9,15H2,1H3,(H,16,18). The summed E-state index contributed by atoms with van der Waals surface area (Å²) in [6.07, 6.45) is 0.442. The van der Waals surface area contributed by atoms with Crippen molar-refractivity contribution in [3.05, 3.63) is 18.2 Å². The van der Waals surface area contributed by atoms with Crippen LogP contribution in [0.3, 0.4) is 0 Å². The number of amides is 1. The van der Waals surface area contributed by atoms with E-state index < -0.39 is 0 Å². The van der Waals surface area contributed by atoms with Crippen LogP contribution in [0.1, 0.15) is 6.42 Å². The minimum absolute atomic E-state index is 0.0413. The molecule has 0 aliphatic carbocycles. The predicted octanol–water partition coefficient (Wildman–Crippen LogP) is 0.938. The number of carbonyl (C=O) groups excluding carboxylic acids is 1. The van der Waals surface area contributed by atoms with E-state index in [1.54, 1.807) is 25.3 Å². The Morgan fingerprint density at radius 3 is 2.90 bits per heavy atom. The van der Waals surface area contributed by atoms with Crippen LogP contribution in [-0.2, 0) is 9.53 Å². The number of rotatable bonds is 5. The molecular formula is C14H21N3O3. The maximum atomic E-state index is 12.0. The number of carbonyl (C=O) groups is 1. The number of ether oxygens (including phenoxy) is 2. The van der Waals surface area contributed by atoms with E-state index in [1.807, 2.05) is 0 Å². The Hall–Kier alpha value is -1.79. The Balaban J connectivity index is 1.86. The van der Waals surface area contributed by atoms with E-state index in [9.17, 15) is 4.79 Å². The first-order valence-corrected chi connectivity index (χ1v) is 6.72. The molecule has 0 radical (unpaired) electrons. The topological polar surface area (TPSA) is 76.8 Å². The summed E-state index contributed by atoms with van der Waals surface area (Å²) in [5.74, 6) is 0.569. The lowest BCUT2D eigenvalue weighted by atomic mass is 10.2. The van der Waals surface area contributed by atoms with E-state index in [0.717, 1.165) is 32.8 Å². The smallest absolute Gasteiger partial charge is 0.225 e. The van der Waals surface area contributed by atoms with Crippen molar-refractivity contribution in [1.82, 2.24) is 4.90 Å². The van der Waals surface area contributed by atoms with E-state index in [-0.39, 0.29) is 5.91 Å². The number of nitrogens with zero attached hydrogens (tertiary/aromatic N) is 1. The van der Waals surface area contributed by atoms with Gasteiger partial charge in [0.15, 0.2) is 0 Å². The molecule has 1 aromatic rings. The molecule has 1 amide bonds. The number of nitrogen functional groups attached to an aromatic ring is 1. The first-order chi connectivity index (χ1) is 9.69. The Morgan fingerprint density at radius 2 is 2.20 bits per heavy atom. The molecular weight excluding hydrogens is 258 g/mol. The highest BCUT2D eigenvalue weighted by Gasteiger charge is 2.13. The quantitative estimate of drug-likeness (QED) is 0.784. The lowest BCUT2D eigenvalue weighted by Crippen LogP contribution is -2.38. The van der Waals surface area contributed by atoms with Gasteiger partial charge in [-0.15, -0.1) is 0 Å². The van der Waals surface area contributed by atoms with Crippen LogP contribution in [0.4, 0.5) is 11.4 Å². The molecule has 0 spiro atoms. The van der Waals surface area contributed by atoms with E-state index in [1.165, 1.54) is 0 Å². The molecule has 0 unspecified atom stereocenters. The van der Waals surface area contributed by atoms with Crippen LogP contribution >= 0.6 is 0 Å². The maximum Gasteiger partial charge on any atom is 0.225 e. The number of nitrogens with two attached hydrogens (primary N) is 1. The zero-order chi connectivity index (χ0) is 14.4. The van der Waals surface area contributed by atoms with E-state index in [0.29, 0.717) is 23.5 Å². The summed E-state index contributed by atoms with van der Waals surface area (Å²) < 4.78 is 10.5. The number of methoxy groups -OCH3 is 1. The van der Waals surface area contributed by atoms with Crippen molar-refractivity contribution in [3.8, 4) is 5.75 Å². The fraction of sp³-hybridized carbons (Fsp3) is 0.500. The highest BCUT2D eigenvalue weighted by Crippen LogP contribution is 2.26. The van der Waals surface area contributed by atoms with Crippen molar-refractivity contribution in [2.45, 2.75) is 6.42 Å². The minimum atomic E-state index is -0.0413. The van der Waals surface area contributed by atoms with Crippen molar-refractivity contribution >= 4 is 17.3 Å². The average Bonchev–Trinajstić information content (AvgIpc) is 2.46. The lowest BCUT2D eigenvalue weighted by molar-refractivity contribution is -0.116. The van der Waals surface area contributed by atoms with Crippen molar-refractivity contribution in [3.63, 3.8) is 0 Å². The van der Waals surface area contributed by atoms with E-state index in [4.69, 9.17) is 15.2 Å². The van der Waals surface area contributed by atoms with Crippen LogP contribution in [0.2, 0.25) is 0 Å². The summed E-state index contributed by atoms with van der Waals surface area (Å²) in [5.41, 5.74) is 6.92. The van der Waals surface area contributed by atoms with Crippen LogP contribution in [0.15, 0.2) is 18.2 Å². The van der Waals surface area contributed by atoms with Crippen molar-refractivity contribution < 1.29 is 14.3 Å². The largest absolute Gasteiger partial charge is 0.495 e. The van der Waals surface area contributed by atoms with Gasteiger partial charge in [0.05, 0.1) is 26.0 Å². The average molecular weight is 279 g/mol. The van der Waals surface area contributed by atoms with Crippen LogP contribution in [0, 0.1) is 0 Å². The third-order valence-electron chi connectivity index (χ3n) is 3.26. The molecule has 1 saturated heterocycles. The fourth-order valence-electron chi connectivity index (χ4n) is 2.12. The van der Waals surface area contributed by atoms with Gasteiger partial charge < -0.3 is 20.5 Å².